The summed E-state index contributed by atoms with van der Waals surface area (Å²) in [4.78, 5) is 4.44. The van der Waals surface area contributed by atoms with Crippen molar-refractivity contribution in [2.45, 2.75) is 13.0 Å². The predicted molar refractivity (Wildman–Crippen MR) is 120 cm³/mol. The van der Waals surface area contributed by atoms with Crippen molar-refractivity contribution in [3.63, 3.8) is 0 Å². The van der Waals surface area contributed by atoms with Crippen LogP contribution >= 0.6 is 0 Å². The Hall–Kier alpha value is -3.97. The fourth-order valence-electron chi connectivity index (χ4n) is 3.72. The average Bonchev–Trinajstić information content (AvgIpc) is 3.30. The van der Waals surface area contributed by atoms with Crippen LogP contribution in [-0.2, 0) is 13.0 Å². The molecule has 0 unspecified atom stereocenters. The van der Waals surface area contributed by atoms with Gasteiger partial charge in [0.1, 0.15) is 22.5 Å². The normalized spacial score (nSPS) is 12.1. The van der Waals surface area contributed by atoms with Crippen molar-refractivity contribution in [1.82, 2.24) is 14.7 Å². The SMILES string of the molecule is O/N=c1\cc(-c2cc3cccn3cn2)oc2ccc(CNCCc3ccc(F)cc3)cc12. The molecule has 0 radical (unpaired) electrons. The van der Waals surface area contributed by atoms with Crippen LogP contribution < -0.4 is 10.7 Å². The highest BCUT2D eigenvalue weighted by atomic mass is 19.1. The number of halogens is 1. The van der Waals surface area contributed by atoms with E-state index >= 15 is 0 Å². The Morgan fingerprint density at radius 1 is 1.03 bits per heavy atom. The van der Waals surface area contributed by atoms with Gasteiger partial charge in [0.25, 0.3) is 0 Å². The Morgan fingerprint density at radius 2 is 1.88 bits per heavy atom. The zero-order chi connectivity index (χ0) is 21.9. The lowest BCUT2D eigenvalue weighted by Crippen LogP contribution is -2.17. The summed E-state index contributed by atoms with van der Waals surface area (Å²) in [5.41, 5.74) is 4.39. The molecule has 0 aliphatic rings. The summed E-state index contributed by atoms with van der Waals surface area (Å²) in [7, 11) is 0. The van der Waals surface area contributed by atoms with Crippen molar-refractivity contribution in [2.75, 3.05) is 6.54 Å². The van der Waals surface area contributed by atoms with Gasteiger partial charge in [-0.2, -0.15) is 0 Å². The second-order valence-corrected chi connectivity index (χ2v) is 7.59. The first-order valence-electron chi connectivity index (χ1n) is 10.3. The van der Waals surface area contributed by atoms with Gasteiger partial charge in [-0.25, -0.2) is 9.37 Å². The molecule has 5 rings (SSSR count). The van der Waals surface area contributed by atoms with Crippen molar-refractivity contribution >= 4 is 16.5 Å². The van der Waals surface area contributed by atoms with E-state index in [0.29, 0.717) is 28.9 Å². The summed E-state index contributed by atoms with van der Waals surface area (Å²) < 4.78 is 21.0. The lowest BCUT2D eigenvalue weighted by Gasteiger charge is -2.08. The van der Waals surface area contributed by atoms with Crippen molar-refractivity contribution in [2.24, 2.45) is 5.16 Å². The zero-order valence-corrected chi connectivity index (χ0v) is 17.2. The number of benzene rings is 2. The maximum atomic E-state index is 13.0. The molecule has 0 spiro atoms. The van der Waals surface area contributed by atoms with Crippen molar-refractivity contribution in [3.05, 3.63) is 102 Å². The molecular weight excluding hydrogens is 407 g/mol. The Bertz CT molecular complexity index is 1450. The van der Waals surface area contributed by atoms with Crippen LogP contribution in [0.15, 0.2) is 88.8 Å². The van der Waals surface area contributed by atoms with Gasteiger partial charge in [0.2, 0.25) is 0 Å². The Labute approximate surface area is 183 Å². The van der Waals surface area contributed by atoms with E-state index in [-0.39, 0.29) is 5.82 Å². The van der Waals surface area contributed by atoms with Crippen LogP contribution in [0.3, 0.4) is 0 Å². The Balaban J connectivity index is 1.35. The van der Waals surface area contributed by atoms with Gasteiger partial charge < -0.3 is 19.3 Å². The molecule has 3 aromatic heterocycles. The molecule has 6 nitrogen and oxygen atoms in total. The van der Waals surface area contributed by atoms with E-state index in [1.54, 1.807) is 24.5 Å². The fraction of sp³-hybridized carbons (Fsp3) is 0.120. The minimum absolute atomic E-state index is 0.224. The van der Waals surface area contributed by atoms with E-state index in [4.69, 9.17) is 4.42 Å². The third-order valence-corrected chi connectivity index (χ3v) is 5.42. The molecule has 0 fully saturated rings. The van der Waals surface area contributed by atoms with E-state index in [9.17, 15) is 9.60 Å². The molecule has 0 aliphatic carbocycles. The standard InChI is InChI=1S/C25H21FN4O2/c26-19-6-3-17(4-7-19)9-10-27-15-18-5-8-24-21(12-18)22(29-31)14-25(32-24)23-13-20-2-1-11-30(20)16-28-23/h1-8,11-14,16,27,31H,9-10,15H2/b29-22+. The highest BCUT2D eigenvalue weighted by Crippen LogP contribution is 2.22. The molecule has 0 bridgehead atoms. The van der Waals surface area contributed by atoms with Crippen molar-refractivity contribution in [1.29, 1.82) is 0 Å². The van der Waals surface area contributed by atoms with Gasteiger partial charge >= 0.3 is 0 Å². The summed E-state index contributed by atoms with van der Waals surface area (Å²) in [6.07, 6.45) is 4.46. The molecule has 160 valence electrons. The lowest BCUT2D eigenvalue weighted by molar-refractivity contribution is 0.302. The summed E-state index contributed by atoms with van der Waals surface area (Å²) in [6, 6.07) is 19.9. The lowest BCUT2D eigenvalue weighted by atomic mass is 10.1. The monoisotopic (exact) mass is 428 g/mol. The summed E-state index contributed by atoms with van der Waals surface area (Å²) >= 11 is 0. The van der Waals surface area contributed by atoms with Gasteiger partial charge in [-0.1, -0.05) is 23.4 Å². The van der Waals surface area contributed by atoms with Crippen LogP contribution in [0.4, 0.5) is 4.39 Å². The molecule has 7 heteroatoms. The third kappa shape index (κ3) is 4.10. The number of aromatic nitrogens is 2. The van der Waals surface area contributed by atoms with Gasteiger partial charge in [0.05, 0.1) is 6.33 Å². The smallest absolute Gasteiger partial charge is 0.155 e. The molecule has 0 aliphatic heterocycles. The number of nitrogens with one attached hydrogen (secondary N) is 1. The van der Waals surface area contributed by atoms with Gasteiger partial charge in [-0.05, 0) is 66.6 Å². The summed E-state index contributed by atoms with van der Waals surface area (Å²) in [5, 5.41) is 17.6. The zero-order valence-electron chi connectivity index (χ0n) is 17.2. The molecule has 0 saturated carbocycles. The topological polar surface area (TPSA) is 75.1 Å². The maximum Gasteiger partial charge on any atom is 0.155 e. The third-order valence-electron chi connectivity index (χ3n) is 5.42. The molecule has 2 aromatic carbocycles. The van der Waals surface area contributed by atoms with Crippen LogP contribution in [0.2, 0.25) is 0 Å². The van der Waals surface area contributed by atoms with Gasteiger partial charge in [0.15, 0.2) is 5.76 Å². The molecule has 3 heterocycles. The van der Waals surface area contributed by atoms with Crippen molar-refractivity contribution < 1.29 is 14.0 Å². The van der Waals surface area contributed by atoms with E-state index in [0.717, 1.165) is 35.0 Å². The number of hydrogen-bond donors (Lipinski definition) is 2. The van der Waals surface area contributed by atoms with Crippen LogP contribution in [0.1, 0.15) is 11.1 Å². The number of fused-ring (bicyclic) bond motifs is 2. The van der Waals surface area contributed by atoms with E-state index in [2.05, 4.69) is 15.5 Å². The Kier molecular flexibility index (Phi) is 5.39. The molecule has 2 N–H and O–H groups in total. The number of nitrogens with zero attached hydrogens (tertiary/aromatic N) is 3. The maximum absolute atomic E-state index is 13.0. The Morgan fingerprint density at radius 3 is 2.72 bits per heavy atom. The van der Waals surface area contributed by atoms with E-state index in [1.165, 1.54) is 12.1 Å². The second-order valence-electron chi connectivity index (χ2n) is 7.59. The minimum atomic E-state index is -0.224. The van der Waals surface area contributed by atoms with E-state index < -0.39 is 0 Å². The minimum Gasteiger partial charge on any atom is -0.454 e. The number of hydrogen-bond acceptors (Lipinski definition) is 5. The van der Waals surface area contributed by atoms with Crippen LogP contribution in [0.25, 0.3) is 27.9 Å². The van der Waals surface area contributed by atoms with Crippen LogP contribution in [-0.4, -0.2) is 21.1 Å². The highest BCUT2D eigenvalue weighted by Gasteiger charge is 2.09. The van der Waals surface area contributed by atoms with Gasteiger partial charge in [-0.15, -0.1) is 0 Å². The second kappa shape index (κ2) is 8.64. The predicted octanol–water partition coefficient (Wildman–Crippen LogP) is 4.51. The van der Waals surface area contributed by atoms with E-state index in [1.807, 2.05) is 47.0 Å². The van der Waals surface area contributed by atoms with Crippen molar-refractivity contribution in [3.8, 4) is 11.5 Å². The number of rotatable bonds is 6. The summed E-state index contributed by atoms with van der Waals surface area (Å²) in [6.45, 7) is 1.41. The molecule has 0 amide bonds. The van der Waals surface area contributed by atoms with Gasteiger partial charge in [-0.3, -0.25) is 0 Å². The first-order chi connectivity index (χ1) is 15.7. The fourth-order valence-corrected chi connectivity index (χ4v) is 3.72. The van der Waals surface area contributed by atoms with Crippen LogP contribution in [0, 0.1) is 5.82 Å². The van der Waals surface area contributed by atoms with Gasteiger partial charge in [0, 0.05) is 29.7 Å². The average molecular weight is 428 g/mol. The highest BCUT2D eigenvalue weighted by molar-refractivity contribution is 5.79. The quantitative estimate of drug-likeness (QED) is 0.237. The molecule has 0 saturated heterocycles. The molecule has 5 aromatic rings. The molecular formula is C25H21FN4O2. The first-order valence-corrected chi connectivity index (χ1v) is 10.3. The molecule has 32 heavy (non-hydrogen) atoms. The van der Waals surface area contributed by atoms with Crippen LogP contribution in [0.5, 0.6) is 0 Å². The first kappa shape index (κ1) is 20.0. The molecule has 0 atom stereocenters. The largest absolute Gasteiger partial charge is 0.454 e. The summed E-state index contributed by atoms with van der Waals surface area (Å²) in [5.74, 6) is 0.303.